The summed E-state index contributed by atoms with van der Waals surface area (Å²) < 4.78 is 6.67. The van der Waals surface area contributed by atoms with E-state index in [9.17, 15) is 9.90 Å². The molecule has 1 saturated heterocycles. The zero-order valence-electron chi connectivity index (χ0n) is 14.5. The predicted molar refractivity (Wildman–Crippen MR) is 91.9 cm³/mol. The number of aryl methyl sites for hydroxylation is 1. The monoisotopic (exact) mass is 342 g/mol. The highest BCUT2D eigenvalue weighted by atomic mass is 16.5. The van der Waals surface area contributed by atoms with E-state index in [0.29, 0.717) is 17.7 Å². The fourth-order valence-electron chi connectivity index (χ4n) is 3.48. The Labute approximate surface area is 146 Å². The van der Waals surface area contributed by atoms with Crippen LogP contribution in [0, 0.1) is 12.3 Å². The van der Waals surface area contributed by atoms with Crippen LogP contribution >= 0.6 is 0 Å². The van der Waals surface area contributed by atoms with Gasteiger partial charge in [-0.25, -0.2) is 9.78 Å². The molecular formula is C18H22N4O3. The number of nitrogens with zero attached hydrogens (tertiary/aromatic N) is 4. The molecule has 2 aromatic heterocycles. The van der Waals surface area contributed by atoms with Gasteiger partial charge in [-0.2, -0.15) is 5.10 Å². The van der Waals surface area contributed by atoms with Crippen LogP contribution in [0.5, 0.6) is 0 Å². The van der Waals surface area contributed by atoms with Gasteiger partial charge < -0.3 is 14.7 Å². The molecule has 0 unspecified atom stereocenters. The number of ether oxygens (including phenoxy) is 1. The van der Waals surface area contributed by atoms with Crippen LogP contribution < -0.4 is 4.90 Å². The van der Waals surface area contributed by atoms with Gasteiger partial charge in [-0.05, 0) is 31.4 Å². The van der Waals surface area contributed by atoms with E-state index in [-0.39, 0.29) is 12.2 Å². The third-order valence-electron chi connectivity index (χ3n) is 5.20. The number of carboxylic acids is 1. The summed E-state index contributed by atoms with van der Waals surface area (Å²) in [6.07, 6.45) is 4.27. The van der Waals surface area contributed by atoms with Gasteiger partial charge in [-0.3, -0.25) is 4.68 Å². The first-order valence-corrected chi connectivity index (χ1v) is 8.50. The van der Waals surface area contributed by atoms with Crippen molar-refractivity contribution in [3.8, 4) is 0 Å². The Morgan fingerprint density at radius 2 is 2.12 bits per heavy atom. The highest BCUT2D eigenvalue weighted by molar-refractivity contribution is 5.88. The van der Waals surface area contributed by atoms with E-state index in [0.717, 1.165) is 30.2 Å². The van der Waals surface area contributed by atoms with Crippen LogP contribution in [0.1, 0.15) is 40.2 Å². The second-order valence-electron chi connectivity index (χ2n) is 7.20. The highest BCUT2D eigenvalue weighted by Crippen LogP contribution is 2.53. The summed E-state index contributed by atoms with van der Waals surface area (Å²) in [7, 11) is 1.53. The lowest BCUT2D eigenvalue weighted by Gasteiger charge is -2.41. The fraction of sp³-hybridized carbons (Fsp3) is 0.500. The van der Waals surface area contributed by atoms with E-state index < -0.39 is 5.97 Å². The first-order chi connectivity index (χ1) is 12.0. The van der Waals surface area contributed by atoms with Gasteiger partial charge in [0.15, 0.2) is 0 Å². The minimum atomic E-state index is -0.990. The summed E-state index contributed by atoms with van der Waals surface area (Å²) in [6.45, 7) is 4.92. The zero-order chi connectivity index (χ0) is 17.6. The second-order valence-corrected chi connectivity index (χ2v) is 7.20. The van der Waals surface area contributed by atoms with Crippen LogP contribution in [0.15, 0.2) is 18.3 Å². The summed E-state index contributed by atoms with van der Waals surface area (Å²) >= 11 is 0. The normalized spacial score (nSPS) is 17.6. The van der Waals surface area contributed by atoms with Crippen molar-refractivity contribution in [1.29, 1.82) is 0 Å². The quantitative estimate of drug-likeness (QED) is 0.866. The molecule has 1 N–H and O–H groups in total. The molecule has 0 amide bonds. The molecule has 2 fully saturated rings. The molecular weight excluding hydrogens is 320 g/mol. The molecule has 2 aliphatic rings. The van der Waals surface area contributed by atoms with E-state index in [1.807, 2.05) is 6.92 Å². The Hall–Kier alpha value is -2.41. The predicted octanol–water partition coefficient (Wildman–Crippen LogP) is 2.08. The van der Waals surface area contributed by atoms with Crippen molar-refractivity contribution >= 4 is 11.8 Å². The molecule has 1 aliphatic heterocycles. The number of carbonyl (C=O) groups is 1. The van der Waals surface area contributed by atoms with Crippen LogP contribution in [0.25, 0.3) is 0 Å². The minimum absolute atomic E-state index is 0.180. The third-order valence-corrected chi connectivity index (χ3v) is 5.20. The van der Waals surface area contributed by atoms with Crippen molar-refractivity contribution in [1.82, 2.24) is 14.8 Å². The lowest BCUT2D eigenvalue weighted by molar-refractivity contribution is 0.0691. The number of methoxy groups -OCH3 is 1. The molecule has 7 heteroatoms. The lowest BCUT2D eigenvalue weighted by Crippen LogP contribution is -2.48. The molecule has 0 atom stereocenters. The summed E-state index contributed by atoms with van der Waals surface area (Å²) in [4.78, 5) is 18.4. The molecule has 0 aromatic carbocycles. The van der Waals surface area contributed by atoms with Gasteiger partial charge in [0.05, 0.1) is 13.2 Å². The third kappa shape index (κ3) is 3.00. The second kappa shape index (κ2) is 5.84. The van der Waals surface area contributed by atoms with Crippen LogP contribution in [-0.4, -0.2) is 46.0 Å². The Bertz CT molecular complexity index is 818. The molecule has 0 radical (unpaired) electrons. The first-order valence-electron chi connectivity index (χ1n) is 8.50. The highest BCUT2D eigenvalue weighted by Gasteiger charge is 2.52. The number of rotatable bonds is 6. The zero-order valence-corrected chi connectivity index (χ0v) is 14.5. The van der Waals surface area contributed by atoms with Gasteiger partial charge in [0.2, 0.25) is 0 Å². The van der Waals surface area contributed by atoms with Crippen LogP contribution in [0.4, 0.5) is 5.82 Å². The van der Waals surface area contributed by atoms with E-state index in [1.54, 1.807) is 10.9 Å². The summed E-state index contributed by atoms with van der Waals surface area (Å²) in [5, 5.41) is 13.6. The minimum Gasteiger partial charge on any atom is -0.478 e. The first kappa shape index (κ1) is 16.1. The Morgan fingerprint density at radius 3 is 2.72 bits per heavy atom. The molecule has 1 aliphatic carbocycles. The maximum absolute atomic E-state index is 11.3. The smallest absolute Gasteiger partial charge is 0.339 e. The average molecular weight is 342 g/mol. The maximum atomic E-state index is 11.3. The van der Waals surface area contributed by atoms with Crippen molar-refractivity contribution in [2.75, 3.05) is 25.1 Å². The van der Waals surface area contributed by atoms with E-state index in [2.05, 4.69) is 22.1 Å². The Morgan fingerprint density at radius 1 is 1.36 bits per heavy atom. The van der Waals surface area contributed by atoms with Gasteiger partial charge in [-0.1, -0.05) is 6.07 Å². The van der Waals surface area contributed by atoms with Gasteiger partial charge in [0.25, 0.3) is 0 Å². The molecule has 1 saturated carbocycles. The van der Waals surface area contributed by atoms with Crippen LogP contribution in [-0.2, 0) is 17.9 Å². The summed E-state index contributed by atoms with van der Waals surface area (Å²) in [5.74, 6) is 0.0424. The molecule has 3 heterocycles. The fourth-order valence-corrected chi connectivity index (χ4v) is 3.48. The number of carboxylic acid groups (broad SMARTS) is 1. The molecule has 4 rings (SSSR count). The van der Waals surface area contributed by atoms with E-state index in [4.69, 9.17) is 9.72 Å². The van der Waals surface area contributed by atoms with E-state index in [1.165, 1.54) is 20.0 Å². The molecule has 25 heavy (non-hydrogen) atoms. The SMILES string of the molecule is COCc1nn(Cc2ccc(N3CC4(CC4)C3)nc2C)cc1C(=O)O. The molecule has 7 nitrogen and oxygen atoms in total. The molecule has 0 bridgehead atoms. The largest absolute Gasteiger partial charge is 0.478 e. The van der Waals surface area contributed by atoms with Crippen molar-refractivity contribution in [2.45, 2.75) is 32.9 Å². The number of hydrogen-bond acceptors (Lipinski definition) is 5. The molecule has 132 valence electrons. The van der Waals surface area contributed by atoms with Gasteiger partial charge in [-0.15, -0.1) is 0 Å². The van der Waals surface area contributed by atoms with Crippen molar-refractivity contribution in [3.63, 3.8) is 0 Å². The van der Waals surface area contributed by atoms with Gasteiger partial charge >= 0.3 is 5.97 Å². The standard InChI is InChI=1S/C18H22N4O3/c1-12-13(3-4-16(19-12)21-10-18(11-21)5-6-18)7-22-8-14(17(23)24)15(20-22)9-25-2/h3-4,8H,5-7,9-11H2,1-2H3,(H,23,24). The number of anilines is 1. The topological polar surface area (TPSA) is 80.5 Å². The van der Waals surface area contributed by atoms with Crippen molar-refractivity contribution in [3.05, 3.63) is 40.8 Å². The van der Waals surface area contributed by atoms with Crippen molar-refractivity contribution < 1.29 is 14.6 Å². The lowest BCUT2D eigenvalue weighted by atomic mass is 9.97. The number of aromatic nitrogens is 3. The van der Waals surface area contributed by atoms with E-state index >= 15 is 0 Å². The number of aromatic carboxylic acids is 1. The van der Waals surface area contributed by atoms with Crippen molar-refractivity contribution in [2.24, 2.45) is 5.41 Å². The number of hydrogen-bond donors (Lipinski definition) is 1. The summed E-state index contributed by atoms with van der Waals surface area (Å²) in [5.41, 5.74) is 3.21. The summed E-state index contributed by atoms with van der Waals surface area (Å²) in [6, 6.07) is 4.11. The Balaban J connectivity index is 1.50. The molecule has 2 aromatic rings. The number of pyridine rings is 1. The molecule has 1 spiro atoms. The van der Waals surface area contributed by atoms with Crippen LogP contribution in [0.2, 0.25) is 0 Å². The van der Waals surface area contributed by atoms with Gasteiger partial charge in [0.1, 0.15) is 17.1 Å². The maximum Gasteiger partial charge on any atom is 0.339 e. The Kier molecular flexibility index (Phi) is 3.76. The average Bonchev–Trinajstić information content (AvgIpc) is 3.24. The van der Waals surface area contributed by atoms with Gasteiger partial charge in [0, 0.05) is 37.5 Å². The van der Waals surface area contributed by atoms with Crippen LogP contribution in [0.3, 0.4) is 0 Å².